The molecule has 0 atom stereocenters. The summed E-state index contributed by atoms with van der Waals surface area (Å²) in [5.41, 5.74) is 1.83. The van der Waals surface area contributed by atoms with Crippen LogP contribution in [0, 0.1) is 0 Å². The van der Waals surface area contributed by atoms with Gasteiger partial charge in [-0.25, -0.2) is 0 Å². The van der Waals surface area contributed by atoms with Gasteiger partial charge in [-0.05, 0) is 6.07 Å². The average Bonchev–Trinajstić information content (AvgIpc) is 2.82. The van der Waals surface area contributed by atoms with E-state index in [4.69, 9.17) is 9.76 Å². The fourth-order valence-electron chi connectivity index (χ4n) is 1.37. The van der Waals surface area contributed by atoms with E-state index in [0.717, 1.165) is 0 Å². The number of aliphatic carboxylic acids is 1. The van der Waals surface area contributed by atoms with Crippen LogP contribution in [0.25, 0.3) is 0 Å². The number of pyridine rings is 1. The van der Waals surface area contributed by atoms with Crippen molar-refractivity contribution in [1.82, 2.24) is 4.98 Å². The molecule has 3 N–H and O–H groups in total. The Balaban J connectivity index is 0.000000741. The molecule has 1 aromatic rings. The summed E-state index contributed by atoms with van der Waals surface area (Å²) in [6.07, 6.45) is 1.52. The monoisotopic (exact) mass is 268 g/mol. The number of hydrogen-bond acceptors (Lipinski definition) is 5. The molecule has 1 aliphatic rings. The first-order chi connectivity index (χ1) is 9.16. The van der Waals surface area contributed by atoms with E-state index < -0.39 is 13.1 Å². The molecule has 0 amide bonds. The Bertz CT molecular complexity index is 401. The number of nitrogens with one attached hydrogen (secondary N) is 1. The van der Waals surface area contributed by atoms with Gasteiger partial charge < -0.3 is 20.1 Å². The van der Waals surface area contributed by atoms with Crippen molar-refractivity contribution in [2.45, 2.75) is 34.3 Å². The summed E-state index contributed by atoms with van der Waals surface area (Å²) in [6, 6.07) is 1.64. The number of rotatable bonds is 3. The summed E-state index contributed by atoms with van der Waals surface area (Å²) >= 11 is 0. The van der Waals surface area contributed by atoms with Crippen LogP contribution in [0.1, 0.15) is 33.4 Å². The van der Waals surface area contributed by atoms with Crippen LogP contribution in [0.2, 0.25) is 0 Å². The SMILES string of the molecule is CC.CC.O=C(O)CNc1cnc2c(c1)B(O)OC2. The number of hydrogen-bond donors (Lipinski definition) is 3. The molecule has 7 heteroatoms. The molecule has 0 fully saturated rings. The van der Waals surface area contributed by atoms with Gasteiger partial charge in [-0.2, -0.15) is 0 Å². The maximum atomic E-state index is 10.3. The molecular weight excluding hydrogens is 247 g/mol. The van der Waals surface area contributed by atoms with Crippen LogP contribution >= 0.6 is 0 Å². The second-order valence-electron chi connectivity index (χ2n) is 3.17. The Kier molecular flexibility index (Phi) is 8.57. The Morgan fingerprint density at radius 2 is 2.11 bits per heavy atom. The number of nitrogens with zero attached hydrogens (tertiary/aromatic N) is 1. The number of carboxylic acids is 1. The van der Waals surface area contributed by atoms with Gasteiger partial charge in [0.2, 0.25) is 0 Å². The lowest BCUT2D eigenvalue weighted by Crippen LogP contribution is -2.29. The van der Waals surface area contributed by atoms with Gasteiger partial charge in [-0.1, -0.05) is 27.7 Å². The molecular formula is C12H21BN2O4. The number of aromatic nitrogens is 1. The minimum Gasteiger partial charge on any atom is -0.480 e. The van der Waals surface area contributed by atoms with E-state index in [-0.39, 0.29) is 13.2 Å². The minimum absolute atomic E-state index is 0.183. The van der Waals surface area contributed by atoms with Crippen molar-refractivity contribution in [2.24, 2.45) is 0 Å². The van der Waals surface area contributed by atoms with Crippen LogP contribution in [0.15, 0.2) is 12.3 Å². The van der Waals surface area contributed by atoms with E-state index in [9.17, 15) is 9.82 Å². The van der Waals surface area contributed by atoms with E-state index in [1.807, 2.05) is 27.7 Å². The molecule has 0 bridgehead atoms. The third kappa shape index (κ3) is 5.27. The van der Waals surface area contributed by atoms with Crippen molar-refractivity contribution in [3.63, 3.8) is 0 Å². The first kappa shape index (κ1) is 17.4. The normalized spacial score (nSPS) is 11.5. The Morgan fingerprint density at radius 3 is 2.68 bits per heavy atom. The maximum absolute atomic E-state index is 10.3. The van der Waals surface area contributed by atoms with Gasteiger partial charge in [0, 0.05) is 5.46 Å². The quantitative estimate of drug-likeness (QED) is 0.704. The summed E-state index contributed by atoms with van der Waals surface area (Å²) in [6.45, 7) is 8.10. The summed E-state index contributed by atoms with van der Waals surface area (Å²) in [5.74, 6) is -0.952. The van der Waals surface area contributed by atoms with Gasteiger partial charge in [0.25, 0.3) is 0 Å². The number of anilines is 1. The third-order valence-electron chi connectivity index (χ3n) is 2.09. The highest BCUT2D eigenvalue weighted by Gasteiger charge is 2.28. The van der Waals surface area contributed by atoms with Crippen LogP contribution in [-0.2, 0) is 16.1 Å². The number of fused-ring (bicyclic) bond motifs is 1. The molecule has 0 unspecified atom stereocenters. The third-order valence-corrected chi connectivity index (χ3v) is 2.09. The molecule has 0 radical (unpaired) electrons. The topological polar surface area (TPSA) is 91.7 Å². The van der Waals surface area contributed by atoms with Crippen molar-refractivity contribution in [3.8, 4) is 0 Å². The van der Waals surface area contributed by atoms with Crippen LogP contribution in [0.3, 0.4) is 0 Å². The van der Waals surface area contributed by atoms with Crippen molar-refractivity contribution >= 4 is 24.2 Å². The van der Waals surface area contributed by atoms with Gasteiger partial charge in [0.15, 0.2) is 0 Å². The standard InChI is InChI=1S/C8H9BN2O4.2C2H6/c12-8(13)3-10-5-1-6-7(11-2-5)4-15-9(6)14;2*1-2/h1-2,10,14H,3-4H2,(H,12,13);2*1-2H3. The van der Waals surface area contributed by atoms with E-state index in [1.54, 1.807) is 6.07 Å². The second-order valence-corrected chi connectivity index (χ2v) is 3.17. The number of carbonyl (C=O) groups is 1. The highest BCUT2D eigenvalue weighted by molar-refractivity contribution is 6.61. The zero-order valence-electron chi connectivity index (χ0n) is 11.8. The van der Waals surface area contributed by atoms with E-state index in [1.165, 1.54) is 6.20 Å². The summed E-state index contributed by atoms with van der Waals surface area (Å²) in [7, 11) is -0.959. The fourth-order valence-corrected chi connectivity index (χ4v) is 1.37. The Morgan fingerprint density at radius 1 is 1.47 bits per heavy atom. The van der Waals surface area contributed by atoms with Gasteiger partial charge in [0.1, 0.15) is 6.54 Å². The van der Waals surface area contributed by atoms with Gasteiger partial charge in [-0.15, -0.1) is 0 Å². The largest absolute Gasteiger partial charge is 0.493 e. The predicted octanol–water partition coefficient (Wildman–Crippen LogP) is 0.848. The van der Waals surface area contributed by atoms with Crippen LogP contribution < -0.4 is 10.8 Å². The molecule has 2 rings (SSSR count). The Labute approximate surface area is 114 Å². The van der Waals surface area contributed by atoms with Gasteiger partial charge >= 0.3 is 13.1 Å². The lowest BCUT2D eigenvalue weighted by molar-refractivity contribution is -0.134. The average molecular weight is 268 g/mol. The zero-order valence-corrected chi connectivity index (χ0v) is 11.8. The van der Waals surface area contributed by atoms with E-state index in [2.05, 4.69) is 10.3 Å². The van der Waals surface area contributed by atoms with E-state index in [0.29, 0.717) is 16.8 Å². The summed E-state index contributed by atoms with van der Waals surface area (Å²) in [5, 5.41) is 20.5. The molecule has 19 heavy (non-hydrogen) atoms. The van der Waals surface area contributed by atoms with Crippen molar-refractivity contribution in [3.05, 3.63) is 18.0 Å². The maximum Gasteiger partial charge on any atom is 0.493 e. The van der Waals surface area contributed by atoms with Crippen LogP contribution in [0.4, 0.5) is 5.69 Å². The van der Waals surface area contributed by atoms with E-state index >= 15 is 0 Å². The molecule has 0 aromatic carbocycles. The molecule has 0 aliphatic carbocycles. The highest BCUT2D eigenvalue weighted by Crippen LogP contribution is 2.10. The predicted molar refractivity (Wildman–Crippen MR) is 75.5 cm³/mol. The smallest absolute Gasteiger partial charge is 0.480 e. The van der Waals surface area contributed by atoms with Crippen molar-refractivity contribution in [1.29, 1.82) is 0 Å². The highest BCUT2D eigenvalue weighted by atomic mass is 16.5. The van der Waals surface area contributed by atoms with Crippen LogP contribution in [-0.4, -0.2) is 34.7 Å². The molecule has 0 saturated carbocycles. The molecule has 0 saturated heterocycles. The molecule has 0 spiro atoms. The first-order valence-corrected chi connectivity index (χ1v) is 6.41. The summed E-state index contributed by atoms with van der Waals surface area (Å²) < 4.78 is 4.95. The van der Waals surface area contributed by atoms with Gasteiger partial charge in [0.05, 0.1) is 24.2 Å². The van der Waals surface area contributed by atoms with Gasteiger partial charge in [-0.3, -0.25) is 9.78 Å². The Hall–Kier alpha value is -1.60. The second kappa shape index (κ2) is 9.35. The first-order valence-electron chi connectivity index (χ1n) is 6.41. The van der Waals surface area contributed by atoms with Crippen molar-refractivity contribution < 1.29 is 19.6 Å². The molecule has 106 valence electrons. The molecule has 6 nitrogen and oxygen atoms in total. The fraction of sp³-hybridized carbons (Fsp3) is 0.500. The lowest BCUT2D eigenvalue weighted by atomic mass is 9.81. The molecule has 1 aliphatic heterocycles. The lowest BCUT2D eigenvalue weighted by Gasteiger charge is -2.04. The zero-order chi connectivity index (χ0) is 14.8. The van der Waals surface area contributed by atoms with Crippen LogP contribution in [0.5, 0.6) is 0 Å². The summed E-state index contributed by atoms with van der Waals surface area (Å²) in [4.78, 5) is 14.4. The molecule has 2 heterocycles. The van der Waals surface area contributed by atoms with Crippen molar-refractivity contribution in [2.75, 3.05) is 11.9 Å². The molecule has 1 aromatic heterocycles. The number of carboxylic acid groups (broad SMARTS) is 1. The minimum atomic E-state index is -0.959.